The lowest BCUT2D eigenvalue weighted by molar-refractivity contribution is -0.870. The van der Waals surface area contributed by atoms with Gasteiger partial charge in [-0.05, 0) is 32.1 Å². The molecule has 8 nitrogen and oxygen atoms in total. The van der Waals surface area contributed by atoms with Gasteiger partial charge in [0.05, 0.1) is 39.9 Å². The van der Waals surface area contributed by atoms with Crippen molar-refractivity contribution in [2.45, 2.75) is 238 Å². The molecule has 9 heteroatoms. The zero-order chi connectivity index (χ0) is 42.1. The minimum atomic E-state index is -4.59. The first kappa shape index (κ1) is 56.0. The normalized spacial score (nSPS) is 14.4. The molecule has 0 saturated heterocycles. The fraction of sp³-hybridized carbons (Fsp3) is 0.896. The van der Waals surface area contributed by atoms with Crippen LogP contribution in [0.15, 0.2) is 24.3 Å². The summed E-state index contributed by atoms with van der Waals surface area (Å²) in [5.74, 6) is -0.208. The lowest BCUT2D eigenvalue weighted by Crippen LogP contribution is -2.45. The molecule has 1 amide bonds. The number of allylic oxidation sites excluding steroid dienone is 3. The average molecular weight is 827 g/mol. The van der Waals surface area contributed by atoms with Gasteiger partial charge < -0.3 is 28.8 Å². The standard InChI is InChI=1S/C48H95N2O6P/c1-6-8-10-12-14-16-18-19-20-21-22-23-24-25-26-27-28-29-30-31-32-33-35-37-39-41-47(51)46(45-56-57(53,54)55-44-43-50(3,4)5)49-48(52)42-40-38-36-34-17-15-13-11-9-7-2/h32-33,39,41,46-47,51H,6-31,34-38,40,42-45H2,1-5H3,(H-,49,52,53,54)/b33-32+,41-39+. The van der Waals surface area contributed by atoms with Crippen molar-refractivity contribution in [1.29, 1.82) is 0 Å². The molecule has 3 atom stereocenters. The van der Waals surface area contributed by atoms with Crippen LogP contribution in [0.4, 0.5) is 0 Å². The van der Waals surface area contributed by atoms with Crippen LogP contribution < -0.4 is 10.2 Å². The predicted molar refractivity (Wildman–Crippen MR) is 242 cm³/mol. The number of unbranched alkanes of at least 4 members (excludes halogenated alkanes) is 29. The number of nitrogens with one attached hydrogen (secondary N) is 1. The van der Waals surface area contributed by atoms with E-state index in [0.29, 0.717) is 17.4 Å². The van der Waals surface area contributed by atoms with Crippen molar-refractivity contribution in [2.24, 2.45) is 0 Å². The highest BCUT2D eigenvalue weighted by atomic mass is 31.2. The number of quaternary nitrogens is 1. The molecule has 0 aromatic heterocycles. The van der Waals surface area contributed by atoms with Gasteiger partial charge in [-0.15, -0.1) is 0 Å². The number of likely N-dealkylation sites (N-methyl/N-ethyl adjacent to an activating group) is 1. The van der Waals surface area contributed by atoms with Crippen LogP contribution in [0, 0.1) is 0 Å². The van der Waals surface area contributed by atoms with Gasteiger partial charge in [-0.2, -0.15) is 0 Å². The SMILES string of the molecule is CCCCCCCCCCCCCCCCCCCCC/C=C/CC/C=C/C(O)C(COP(=O)([O-])OCC[N+](C)(C)C)NC(=O)CCCCCCCCCCCC. The summed E-state index contributed by atoms with van der Waals surface area (Å²) in [6.07, 6.45) is 48.2. The third kappa shape index (κ3) is 42.9. The molecule has 0 saturated carbocycles. The first-order valence-electron chi connectivity index (χ1n) is 24.2. The van der Waals surface area contributed by atoms with Crippen molar-refractivity contribution in [1.82, 2.24) is 5.32 Å². The van der Waals surface area contributed by atoms with Gasteiger partial charge in [-0.25, -0.2) is 0 Å². The van der Waals surface area contributed by atoms with E-state index in [1.54, 1.807) is 6.08 Å². The van der Waals surface area contributed by atoms with E-state index in [1.165, 1.54) is 167 Å². The predicted octanol–water partition coefficient (Wildman–Crippen LogP) is 13.1. The van der Waals surface area contributed by atoms with Gasteiger partial charge in [0.2, 0.25) is 5.91 Å². The Kier molecular flexibility index (Phi) is 39.7. The topological polar surface area (TPSA) is 108 Å². The Labute approximate surface area is 354 Å². The molecule has 0 fully saturated rings. The lowest BCUT2D eigenvalue weighted by Gasteiger charge is -2.29. The molecule has 0 heterocycles. The van der Waals surface area contributed by atoms with Crippen molar-refractivity contribution in [2.75, 3.05) is 40.9 Å². The van der Waals surface area contributed by atoms with E-state index in [0.717, 1.165) is 38.5 Å². The minimum absolute atomic E-state index is 0.00438. The molecule has 2 N–H and O–H groups in total. The minimum Gasteiger partial charge on any atom is -0.756 e. The number of aliphatic hydroxyl groups is 1. The summed E-state index contributed by atoms with van der Waals surface area (Å²) in [6, 6.07) is -0.897. The van der Waals surface area contributed by atoms with Crippen molar-refractivity contribution in [3.63, 3.8) is 0 Å². The molecule has 0 aliphatic carbocycles. The molecule has 0 aromatic rings. The number of carbonyl (C=O) groups is 1. The van der Waals surface area contributed by atoms with Crippen LogP contribution in [0.3, 0.4) is 0 Å². The monoisotopic (exact) mass is 827 g/mol. The van der Waals surface area contributed by atoms with Crippen molar-refractivity contribution in [3.05, 3.63) is 24.3 Å². The van der Waals surface area contributed by atoms with E-state index in [-0.39, 0.29) is 19.1 Å². The summed E-state index contributed by atoms with van der Waals surface area (Å²) in [7, 11) is 1.25. The van der Waals surface area contributed by atoms with Crippen LogP contribution in [0.25, 0.3) is 0 Å². The van der Waals surface area contributed by atoms with Crippen LogP contribution in [0.2, 0.25) is 0 Å². The van der Waals surface area contributed by atoms with Crippen LogP contribution in [-0.4, -0.2) is 68.5 Å². The second kappa shape index (κ2) is 40.4. The van der Waals surface area contributed by atoms with Gasteiger partial charge in [0.15, 0.2) is 0 Å². The number of carbonyl (C=O) groups excluding carboxylic acids is 1. The van der Waals surface area contributed by atoms with Gasteiger partial charge in [-0.1, -0.05) is 212 Å². The molecule has 338 valence electrons. The summed E-state index contributed by atoms with van der Waals surface area (Å²) in [5.41, 5.74) is 0. The van der Waals surface area contributed by atoms with Crippen LogP contribution >= 0.6 is 7.82 Å². The van der Waals surface area contributed by atoms with Gasteiger partial charge in [0.25, 0.3) is 7.82 Å². The van der Waals surface area contributed by atoms with Crippen molar-refractivity contribution in [3.8, 4) is 0 Å². The van der Waals surface area contributed by atoms with E-state index >= 15 is 0 Å². The van der Waals surface area contributed by atoms with Crippen LogP contribution in [0.5, 0.6) is 0 Å². The number of hydrogen-bond acceptors (Lipinski definition) is 6. The molecule has 0 rings (SSSR count). The van der Waals surface area contributed by atoms with E-state index in [9.17, 15) is 19.4 Å². The van der Waals surface area contributed by atoms with Gasteiger partial charge in [0.1, 0.15) is 13.2 Å². The smallest absolute Gasteiger partial charge is 0.268 e. The third-order valence-corrected chi connectivity index (χ3v) is 11.9. The van der Waals surface area contributed by atoms with Crippen molar-refractivity contribution >= 4 is 13.7 Å². The lowest BCUT2D eigenvalue weighted by atomic mass is 10.0. The molecule has 57 heavy (non-hydrogen) atoms. The Balaban J connectivity index is 4.25. The van der Waals surface area contributed by atoms with Crippen molar-refractivity contribution < 1.29 is 32.9 Å². The highest BCUT2D eigenvalue weighted by Crippen LogP contribution is 2.38. The van der Waals surface area contributed by atoms with Gasteiger partial charge in [0, 0.05) is 6.42 Å². The number of hydrogen-bond donors (Lipinski definition) is 2. The average Bonchev–Trinajstić information content (AvgIpc) is 3.16. The second-order valence-corrected chi connectivity index (χ2v) is 19.2. The molecular formula is C48H95N2O6P. The Morgan fingerprint density at radius 3 is 1.42 bits per heavy atom. The highest BCUT2D eigenvalue weighted by molar-refractivity contribution is 7.45. The molecule has 0 bridgehead atoms. The second-order valence-electron chi connectivity index (χ2n) is 17.8. The van der Waals surface area contributed by atoms with E-state index < -0.39 is 20.0 Å². The maximum Gasteiger partial charge on any atom is 0.268 e. The van der Waals surface area contributed by atoms with E-state index in [4.69, 9.17) is 9.05 Å². The first-order valence-corrected chi connectivity index (χ1v) is 25.7. The third-order valence-electron chi connectivity index (χ3n) is 10.9. The molecular weight excluding hydrogens is 732 g/mol. The largest absolute Gasteiger partial charge is 0.756 e. The summed E-state index contributed by atoms with van der Waals surface area (Å²) in [4.78, 5) is 25.2. The Hall–Kier alpha value is -1.02. The van der Waals surface area contributed by atoms with Crippen LogP contribution in [-0.2, 0) is 18.4 Å². The van der Waals surface area contributed by atoms with E-state index in [2.05, 4.69) is 31.3 Å². The number of phosphoric ester groups is 1. The molecule has 0 aromatic carbocycles. The fourth-order valence-corrected chi connectivity index (χ4v) is 7.77. The van der Waals surface area contributed by atoms with Crippen LogP contribution in [0.1, 0.15) is 226 Å². The molecule has 0 aliphatic heterocycles. The Morgan fingerprint density at radius 2 is 0.982 bits per heavy atom. The maximum atomic E-state index is 12.8. The zero-order valence-electron chi connectivity index (χ0n) is 38.3. The summed E-state index contributed by atoms with van der Waals surface area (Å²) in [6.45, 7) is 4.62. The Bertz CT molecular complexity index is 984. The number of rotatable bonds is 44. The highest BCUT2D eigenvalue weighted by Gasteiger charge is 2.23. The fourth-order valence-electron chi connectivity index (χ4n) is 7.05. The van der Waals surface area contributed by atoms with Gasteiger partial charge >= 0.3 is 0 Å². The number of phosphoric acid groups is 1. The number of amides is 1. The first-order chi connectivity index (χ1) is 27.5. The Morgan fingerprint density at radius 1 is 0.596 bits per heavy atom. The summed E-state index contributed by atoms with van der Waals surface area (Å²) < 4.78 is 23.2. The quantitative estimate of drug-likeness (QED) is 0.0274. The van der Waals surface area contributed by atoms with E-state index in [1.807, 2.05) is 27.2 Å². The number of nitrogens with zero attached hydrogens (tertiary/aromatic N) is 1. The summed E-state index contributed by atoms with van der Waals surface area (Å²) >= 11 is 0. The zero-order valence-corrected chi connectivity index (χ0v) is 39.2. The number of aliphatic hydroxyl groups excluding tert-OH is 1. The molecule has 0 spiro atoms. The molecule has 3 unspecified atom stereocenters. The maximum absolute atomic E-state index is 12.8. The molecule has 0 aliphatic rings. The molecule has 0 radical (unpaired) electrons. The summed E-state index contributed by atoms with van der Waals surface area (Å²) in [5, 5.41) is 13.8. The van der Waals surface area contributed by atoms with Gasteiger partial charge in [-0.3, -0.25) is 9.36 Å².